The third kappa shape index (κ3) is 5.64. The van der Waals surface area contributed by atoms with Crippen molar-refractivity contribution >= 4 is 10.0 Å². The van der Waals surface area contributed by atoms with Gasteiger partial charge in [0.2, 0.25) is 10.0 Å². The van der Waals surface area contributed by atoms with Gasteiger partial charge in [-0.25, -0.2) is 8.42 Å². The van der Waals surface area contributed by atoms with Gasteiger partial charge in [0.1, 0.15) is 6.54 Å². The Morgan fingerprint density at radius 2 is 1.84 bits per heavy atom. The fourth-order valence-electron chi connectivity index (χ4n) is 2.31. The second-order valence-corrected chi connectivity index (χ2v) is 6.72. The Kier molecular flexibility index (Phi) is 5.60. The molecule has 114 valence electrons. The first-order valence-electron chi connectivity index (χ1n) is 6.09. The van der Waals surface area contributed by atoms with E-state index >= 15 is 0 Å². The molecule has 0 spiro atoms. The molecule has 0 unspecified atom stereocenters. The number of sulfonamides is 1. The molecule has 1 aliphatic rings. The highest BCUT2D eigenvalue weighted by Crippen LogP contribution is 2.24. The maximum Gasteiger partial charge on any atom is 0.402 e. The van der Waals surface area contributed by atoms with E-state index in [2.05, 4.69) is 0 Å². The van der Waals surface area contributed by atoms with Gasteiger partial charge < -0.3 is 10.6 Å². The van der Waals surface area contributed by atoms with Gasteiger partial charge in [-0.05, 0) is 25.9 Å². The van der Waals surface area contributed by atoms with E-state index in [9.17, 15) is 21.6 Å². The van der Waals surface area contributed by atoms with E-state index in [1.54, 1.807) is 0 Å². The Hall–Kier alpha value is -0.380. The molecule has 1 fully saturated rings. The molecule has 2 N–H and O–H groups in total. The highest BCUT2D eigenvalue weighted by molar-refractivity contribution is 7.88. The van der Waals surface area contributed by atoms with E-state index in [1.165, 1.54) is 0 Å². The van der Waals surface area contributed by atoms with Crippen LogP contribution in [-0.2, 0) is 10.0 Å². The van der Waals surface area contributed by atoms with Gasteiger partial charge in [-0.3, -0.25) is 0 Å². The number of piperidine rings is 1. The monoisotopic (exact) mass is 303 g/mol. The third-order valence-corrected chi connectivity index (χ3v) is 4.45. The standard InChI is InChI=1S/C10H20F3N3O2S/c1-19(17,18)16(8-10(11,12)13)9-2-5-15(6-3-9)7-4-14/h9H,2-8,14H2,1H3. The lowest BCUT2D eigenvalue weighted by molar-refractivity contribution is -0.140. The summed E-state index contributed by atoms with van der Waals surface area (Å²) >= 11 is 0. The van der Waals surface area contributed by atoms with Crippen molar-refractivity contribution in [3.05, 3.63) is 0 Å². The Morgan fingerprint density at radius 3 is 2.21 bits per heavy atom. The molecular weight excluding hydrogens is 283 g/mol. The molecule has 0 aromatic heterocycles. The minimum atomic E-state index is -4.52. The molecule has 1 saturated heterocycles. The van der Waals surface area contributed by atoms with Crippen molar-refractivity contribution in [1.29, 1.82) is 0 Å². The van der Waals surface area contributed by atoms with Crippen LogP contribution in [0.5, 0.6) is 0 Å². The molecule has 1 aliphatic heterocycles. The minimum Gasteiger partial charge on any atom is -0.329 e. The molecule has 0 aromatic carbocycles. The summed E-state index contributed by atoms with van der Waals surface area (Å²) in [5.74, 6) is 0. The summed E-state index contributed by atoms with van der Waals surface area (Å²) < 4.78 is 61.0. The molecule has 0 bridgehead atoms. The van der Waals surface area contributed by atoms with Crippen LogP contribution >= 0.6 is 0 Å². The van der Waals surface area contributed by atoms with E-state index in [-0.39, 0.29) is 0 Å². The first-order chi connectivity index (χ1) is 8.63. The topological polar surface area (TPSA) is 66.6 Å². The van der Waals surface area contributed by atoms with Gasteiger partial charge in [-0.2, -0.15) is 17.5 Å². The lowest BCUT2D eigenvalue weighted by Gasteiger charge is -2.37. The summed E-state index contributed by atoms with van der Waals surface area (Å²) in [4.78, 5) is 2.03. The summed E-state index contributed by atoms with van der Waals surface area (Å²) in [6.07, 6.45) is -2.88. The van der Waals surface area contributed by atoms with Gasteiger partial charge in [-0.15, -0.1) is 0 Å². The molecule has 0 aliphatic carbocycles. The van der Waals surface area contributed by atoms with Gasteiger partial charge >= 0.3 is 6.18 Å². The highest BCUT2D eigenvalue weighted by atomic mass is 32.2. The van der Waals surface area contributed by atoms with Crippen LogP contribution in [0.15, 0.2) is 0 Å². The second-order valence-electron chi connectivity index (χ2n) is 4.78. The first-order valence-corrected chi connectivity index (χ1v) is 7.94. The normalized spacial score (nSPS) is 20.1. The summed E-state index contributed by atoms with van der Waals surface area (Å²) in [6.45, 7) is 0.915. The number of hydrogen-bond donors (Lipinski definition) is 1. The van der Waals surface area contributed by atoms with Gasteiger partial charge in [-0.1, -0.05) is 0 Å². The van der Waals surface area contributed by atoms with Crippen molar-refractivity contribution in [2.24, 2.45) is 5.73 Å². The van der Waals surface area contributed by atoms with Crippen LogP contribution in [0.3, 0.4) is 0 Å². The molecule has 5 nitrogen and oxygen atoms in total. The van der Waals surface area contributed by atoms with Crippen molar-refractivity contribution in [2.75, 3.05) is 39.0 Å². The average molecular weight is 303 g/mol. The van der Waals surface area contributed by atoms with E-state index in [1.807, 2.05) is 4.90 Å². The third-order valence-electron chi connectivity index (χ3n) is 3.17. The van der Waals surface area contributed by atoms with Crippen LogP contribution in [0.2, 0.25) is 0 Å². The molecule has 0 aromatic rings. The van der Waals surface area contributed by atoms with Crippen LogP contribution in [-0.4, -0.2) is 68.8 Å². The maximum atomic E-state index is 12.5. The Bertz CT molecular complexity index is 378. The van der Waals surface area contributed by atoms with Crippen molar-refractivity contribution in [3.8, 4) is 0 Å². The lowest BCUT2D eigenvalue weighted by Crippen LogP contribution is -2.50. The average Bonchev–Trinajstić information content (AvgIpc) is 2.25. The fourth-order valence-corrected chi connectivity index (χ4v) is 3.44. The number of alkyl halides is 3. The predicted molar refractivity (Wildman–Crippen MR) is 66.1 cm³/mol. The van der Waals surface area contributed by atoms with Gasteiger partial charge in [0, 0.05) is 19.1 Å². The summed E-state index contributed by atoms with van der Waals surface area (Å²) in [7, 11) is -3.86. The minimum absolute atomic E-state index is 0.406. The van der Waals surface area contributed by atoms with Crippen LogP contribution in [0.4, 0.5) is 13.2 Å². The maximum absolute atomic E-state index is 12.5. The summed E-state index contributed by atoms with van der Waals surface area (Å²) in [6, 6.07) is -0.578. The smallest absolute Gasteiger partial charge is 0.329 e. The number of rotatable bonds is 5. The van der Waals surface area contributed by atoms with E-state index in [0.29, 0.717) is 43.3 Å². The molecule has 1 heterocycles. The van der Waals surface area contributed by atoms with Gasteiger partial charge in [0.15, 0.2) is 0 Å². The van der Waals surface area contributed by atoms with Crippen molar-refractivity contribution in [2.45, 2.75) is 25.1 Å². The SMILES string of the molecule is CS(=O)(=O)N(CC(F)(F)F)C1CCN(CCN)CC1. The molecule has 0 amide bonds. The molecule has 9 heteroatoms. The van der Waals surface area contributed by atoms with Gasteiger partial charge in [0.05, 0.1) is 6.26 Å². The summed E-state index contributed by atoms with van der Waals surface area (Å²) in [5, 5.41) is 0. The molecule has 1 rings (SSSR count). The molecule has 0 radical (unpaired) electrons. The number of nitrogens with two attached hydrogens (primary N) is 1. The van der Waals surface area contributed by atoms with E-state index in [0.717, 1.165) is 6.26 Å². The van der Waals surface area contributed by atoms with Crippen molar-refractivity contribution in [1.82, 2.24) is 9.21 Å². The molecule has 19 heavy (non-hydrogen) atoms. The van der Waals surface area contributed by atoms with Crippen LogP contribution in [0.25, 0.3) is 0 Å². The number of likely N-dealkylation sites (tertiary alicyclic amines) is 1. The second kappa shape index (κ2) is 6.38. The largest absolute Gasteiger partial charge is 0.402 e. The quantitative estimate of drug-likeness (QED) is 0.790. The lowest BCUT2D eigenvalue weighted by atomic mass is 10.1. The van der Waals surface area contributed by atoms with E-state index in [4.69, 9.17) is 5.73 Å². The van der Waals surface area contributed by atoms with Gasteiger partial charge in [0.25, 0.3) is 0 Å². The predicted octanol–water partition coefficient (Wildman–Crippen LogP) is 0.233. The zero-order valence-corrected chi connectivity index (χ0v) is 11.7. The van der Waals surface area contributed by atoms with E-state index < -0.39 is 28.8 Å². The Labute approximate surface area is 111 Å². The van der Waals surface area contributed by atoms with Crippen LogP contribution < -0.4 is 5.73 Å². The van der Waals surface area contributed by atoms with Crippen molar-refractivity contribution in [3.63, 3.8) is 0 Å². The van der Waals surface area contributed by atoms with Crippen LogP contribution in [0, 0.1) is 0 Å². The zero-order valence-electron chi connectivity index (χ0n) is 10.9. The summed E-state index contributed by atoms with van der Waals surface area (Å²) in [5.41, 5.74) is 5.41. The van der Waals surface area contributed by atoms with Crippen molar-refractivity contribution < 1.29 is 21.6 Å². The Morgan fingerprint density at radius 1 is 1.32 bits per heavy atom. The first kappa shape index (κ1) is 16.7. The van der Waals surface area contributed by atoms with Crippen LogP contribution in [0.1, 0.15) is 12.8 Å². The fraction of sp³-hybridized carbons (Fsp3) is 1.00. The Balaban J connectivity index is 2.68. The number of hydrogen-bond acceptors (Lipinski definition) is 4. The highest BCUT2D eigenvalue weighted by Gasteiger charge is 2.39. The number of halogens is 3. The number of nitrogens with zero attached hydrogens (tertiary/aromatic N) is 2. The molecular formula is C10H20F3N3O2S. The zero-order chi connectivity index (χ0) is 14.7. The molecule has 0 atom stereocenters. The molecule has 0 saturated carbocycles.